The first-order valence-corrected chi connectivity index (χ1v) is 31.9. The first-order chi connectivity index (χ1) is 37.6. The van der Waals surface area contributed by atoms with Crippen molar-refractivity contribution in [1.29, 1.82) is 0 Å². The van der Waals surface area contributed by atoms with Gasteiger partial charge in [0, 0.05) is 93.3 Å². The second-order valence-corrected chi connectivity index (χ2v) is 28.9. The van der Waals surface area contributed by atoms with E-state index in [0.717, 1.165) is 116 Å². The van der Waals surface area contributed by atoms with Gasteiger partial charge >= 0.3 is 5.63 Å². The minimum Gasteiger partial charge on any atom is -0.423 e. The van der Waals surface area contributed by atoms with E-state index in [9.17, 15) is 4.79 Å². The largest absolute Gasteiger partial charge is 0.423 e. The van der Waals surface area contributed by atoms with Crippen molar-refractivity contribution in [2.45, 2.75) is 164 Å². The topological polar surface area (TPSA) is 77.7 Å². The Hall–Kier alpha value is -5.82. The zero-order valence-electron chi connectivity index (χ0n) is 48.4. The van der Waals surface area contributed by atoms with Gasteiger partial charge in [-0.1, -0.05) is 124 Å². The SMILES string of the molecule is CCCCCCOCc1cc(I)cc(-c2ccc(-c3ccc(-c4cc(C#Cc5cc(C#C[Si](C(C)C)(C(C)C)C(C)C)cc(CN(CC)c6cc7oc(=O)cc(C)c7cc6C)c5)cc(COCCCCCC)c4)cn3)nc2)c1. The highest BCUT2D eigenvalue weighted by Crippen LogP contribution is 2.41. The van der Waals surface area contributed by atoms with Crippen molar-refractivity contribution < 1.29 is 13.9 Å². The molecule has 3 aromatic heterocycles. The number of nitrogens with zero attached hydrogens (tertiary/aromatic N) is 3. The fraction of sp³-hybridized carbons (Fsp3) is 0.406. The van der Waals surface area contributed by atoms with E-state index in [1.54, 1.807) is 6.07 Å². The molecule has 78 heavy (non-hydrogen) atoms. The van der Waals surface area contributed by atoms with E-state index in [1.807, 2.05) is 25.4 Å². The van der Waals surface area contributed by atoms with E-state index in [0.29, 0.717) is 42.0 Å². The molecule has 0 N–H and O–H groups in total. The first kappa shape index (κ1) is 59.8. The van der Waals surface area contributed by atoms with Gasteiger partial charge in [0.2, 0.25) is 0 Å². The van der Waals surface area contributed by atoms with Crippen LogP contribution in [0.25, 0.3) is 44.6 Å². The summed E-state index contributed by atoms with van der Waals surface area (Å²) in [6.07, 6.45) is 13.3. The smallest absolute Gasteiger partial charge is 0.336 e. The van der Waals surface area contributed by atoms with Gasteiger partial charge in [0.25, 0.3) is 0 Å². The summed E-state index contributed by atoms with van der Waals surface area (Å²) in [5, 5.41) is 0.954. The zero-order valence-corrected chi connectivity index (χ0v) is 51.5. The summed E-state index contributed by atoms with van der Waals surface area (Å²) >= 11 is 2.39. The highest BCUT2D eigenvalue weighted by Gasteiger charge is 2.41. The summed E-state index contributed by atoms with van der Waals surface area (Å²) in [6.45, 7) is 28.9. The van der Waals surface area contributed by atoms with E-state index in [2.05, 4.69) is 205 Å². The molecule has 0 saturated carbocycles. The van der Waals surface area contributed by atoms with Crippen LogP contribution >= 0.6 is 22.6 Å². The number of halogens is 1. The fourth-order valence-electron chi connectivity index (χ4n) is 11.1. The molecule has 0 atom stereocenters. The third kappa shape index (κ3) is 15.9. The van der Waals surface area contributed by atoms with Gasteiger partial charge in [0.05, 0.1) is 24.6 Å². The second-order valence-electron chi connectivity index (χ2n) is 22.1. The lowest BCUT2D eigenvalue weighted by Crippen LogP contribution is -2.43. The van der Waals surface area contributed by atoms with Crippen LogP contribution in [0.5, 0.6) is 0 Å². The lowest BCUT2D eigenvalue weighted by Gasteiger charge is -2.38. The van der Waals surface area contributed by atoms with Gasteiger partial charge in [-0.2, -0.15) is 0 Å². The Morgan fingerprint density at radius 1 is 0.577 bits per heavy atom. The summed E-state index contributed by atoms with van der Waals surface area (Å²) < 4.78 is 19.2. The van der Waals surface area contributed by atoms with Crippen LogP contribution in [0.3, 0.4) is 0 Å². The van der Waals surface area contributed by atoms with Crippen molar-refractivity contribution in [3.05, 3.63) is 168 Å². The van der Waals surface area contributed by atoms with Crippen molar-refractivity contribution in [2.75, 3.05) is 24.7 Å². The third-order valence-electron chi connectivity index (χ3n) is 15.2. The number of ether oxygens (including phenoxy) is 2. The molecule has 7 nitrogen and oxygen atoms in total. The predicted octanol–water partition coefficient (Wildman–Crippen LogP) is 18.0. The quantitative estimate of drug-likeness (QED) is 0.0196. The van der Waals surface area contributed by atoms with E-state index in [4.69, 9.17) is 23.9 Å². The van der Waals surface area contributed by atoms with Gasteiger partial charge < -0.3 is 18.8 Å². The highest BCUT2D eigenvalue weighted by molar-refractivity contribution is 14.1. The molecular weight excluding hydrogens is 1090 g/mol. The first-order valence-electron chi connectivity index (χ1n) is 28.6. The number of hydrogen-bond acceptors (Lipinski definition) is 7. The molecule has 0 bridgehead atoms. The minimum atomic E-state index is -2.03. The number of aromatic nitrogens is 2. The Kier molecular flexibility index (Phi) is 22.1. The zero-order chi connectivity index (χ0) is 55.8. The van der Waals surface area contributed by atoms with E-state index in [1.165, 1.54) is 47.7 Å². The minimum absolute atomic E-state index is 0.337. The Bertz CT molecular complexity index is 3280. The molecule has 0 aliphatic rings. The molecule has 0 unspecified atom stereocenters. The van der Waals surface area contributed by atoms with Gasteiger partial charge in [0.15, 0.2) is 0 Å². The average Bonchev–Trinajstić information content (AvgIpc) is 3.46. The van der Waals surface area contributed by atoms with Crippen LogP contribution in [0.15, 0.2) is 119 Å². The van der Waals surface area contributed by atoms with Gasteiger partial charge in [0.1, 0.15) is 13.7 Å². The van der Waals surface area contributed by atoms with Crippen molar-refractivity contribution in [3.8, 4) is 56.9 Å². The lowest BCUT2D eigenvalue weighted by molar-refractivity contribution is 0.117. The van der Waals surface area contributed by atoms with Crippen LogP contribution in [-0.2, 0) is 29.2 Å². The summed E-state index contributed by atoms with van der Waals surface area (Å²) in [5.74, 6) is 11.0. The van der Waals surface area contributed by atoms with Crippen molar-refractivity contribution in [2.24, 2.45) is 0 Å². The third-order valence-corrected chi connectivity index (χ3v) is 22.1. The van der Waals surface area contributed by atoms with Crippen molar-refractivity contribution >= 4 is 47.3 Å². The normalized spacial score (nSPS) is 11.6. The Morgan fingerprint density at radius 2 is 1.12 bits per heavy atom. The van der Waals surface area contributed by atoms with Crippen molar-refractivity contribution in [3.63, 3.8) is 0 Å². The molecule has 7 rings (SSSR count). The molecule has 408 valence electrons. The Morgan fingerprint density at radius 3 is 1.65 bits per heavy atom. The second kappa shape index (κ2) is 28.9. The van der Waals surface area contributed by atoms with Gasteiger partial charge in [-0.3, -0.25) is 9.97 Å². The molecule has 4 aromatic carbocycles. The molecule has 0 fully saturated rings. The van der Waals surface area contributed by atoms with Gasteiger partial charge in [-0.05, 0) is 185 Å². The van der Waals surface area contributed by atoms with Gasteiger partial charge in [-0.15, -0.1) is 5.54 Å². The van der Waals surface area contributed by atoms with E-state index in [-0.39, 0.29) is 5.63 Å². The predicted molar refractivity (Wildman–Crippen MR) is 338 cm³/mol. The summed E-state index contributed by atoms with van der Waals surface area (Å²) in [7, 11) is -2.03. The van der Waals surface area contributed by atoms with Crippen LogP contribution in [0.1, 0.15) is 158 Å². The summed E-state index contributed by atoms with van der Waals surface area (Å²) in [6, 6.07) is 33.8. The van der Waals surface area contributed by atoms with Crippen LogP contribution in [0.4, 0.5) is 5.69 Å². The fourth-order valence-corrected chi connectivity index (χ4v) is 17.0. The van der Waals surface area contributed by atoms with Gasteiger partial charge in [-0.25, -0.2) is 4.79 Å². The maximum absolute atomic E-state index is 12.5. The molecule has 7 aromatic rings. The lowest BCUT2D eigenvalue weighted by atomic mass is 10.00. The number of aryl methyl sites for hydroxylation is 2. The molecular formula is C69H82IN3O4Si. The molecule has 0 amide bonds. The molecule has 0 saturated heterocycles. The number of rotatable bonds is 24. The van der Waals surface area contributed by atoms with E-state index >= 15 is 0 Å². The van der Waals surface area contributed by atoms with Crippen LogP contribution in [-0.4, -0.2) is 37.8 Å². The van der Waals surface area contributed by atoms with Crippen LogP contribution in [0.2, 0.25) is 16.6 Å². The number of unbranched alkanes of at least 4 members (excludes halogenated alkanes) is 6. The molecule has 3 heterocycles. The standard InChI is InChI=1S/C69H82IN3O4Si/c1-12-15-17-19-28-75-46-57-36-54(37-61(38-57)59-23-25-65(71-43-59)66-26-24-60(44-72-66)62-39-58(40-63(70)41-62)47-76-29-20-18-16-13-2)22-21-53-33-55(27-30-78(48(4)5,49(6)7)50(8)9)35-56(34-53)45-73(14-3)67-42-68-64(31-52(67)11)51(10)32-69(74)77-68/h23-26,31-44,48-50H,12-20,28-29,45-47H2,1-11H3. The molecule has 0 aliphatic heterocycles. The number of benzene rings is 4. The van der Waals surface area contributed by atoms with E-state index < -0.39 is 8.07 Å². The number of hydrogen-bond donors (Lipinski definition) is 0. The Balaban J connectivity index is 1.20. The van der Waals surface area contributed by atoms with Crippen LogP contribution in [0, 0.1) is 40.7 Å². The summed E-state index contributed by atoms with van der Waals surface area (Å²) in [5.41, 5.74) is 20.8. The number of anilines is 1. The van der Waals surface area contributed by atoms with Crippen LogP contribution < -0.4 is 10.5 Å². The summed E-state index contributed by atoms with van der Waals surface area (Å²) in [4.78, 5) is 24.7. The monoisotopic (exact) mass is 1170 g/mol. The average molecular weight is 1170 g/mol. The highest BCUT2D eigenvalue weighted by atomic mass is 127. The van der Waals surface area contributed by atoms with Crippen molar-refractivity contribution in [1.82, 2.24) is 9.97 Å². The molecule has 0 radical (unpaired) electrons. The molecule has 9 heteroatoms. The maximum atomic E-state index is 12.5. The Labute approximate surface area is 481 Å². The number of pyridine rings is 2. The molecule has 0 spiro atoms. The molecule has 0 aliphatic carbocycles. The maximum Gasteiger partial charge on any atom is 0.336 e. The number of fused-ring (bicyclic) bond motifs is 1.